The van der Waals surface area contributed by atoms with Crippen molar-refractivity contribution < 1.29 is 9.32 Å². The van der Waals surface area contributed by atoms with Gasteiger partial charge in [0, 0.05) is 23.6 Å². The van der Waals surface area contributed by atoms with Gasteiger partial charge in [-0.15, -0.1) is 0 Å². The van der Waals surface area contributed by atoms with Crippen molar-refractivity contribution in [1.29, 1.82) is 0 Å². The smallest absolute Gasteiger partial charge is 0.233 e. The highest BCUT2D eigenvalue weighted by atomic mass is 16.5. The molecule has 5 rings (SSSR count). The van der Waals surface area contributed by atoms with E-state index in [-0.39, 0.29) is 17.6 Å². The zero-order valence-electron chi connectivity index (χ0n) is 16.0. The van der Waals surface area contributed by atoms with Crippen molar-refractivity contribution in [2.75, 3.05) is 5.32 Å². The molecule has 0 fully saturated rings. The average Bonchev–Trinajstić information content (AvgIpc) is 3.08. The van der Waals surface area contributed by atoms with Gasteiger partial charge >= 0.3 is 0 Å². The number of ketones is 1. The maximum absolute atomic E-state index is 13.4. The van der Waals surface area contributed by atoms with Crippen molar-refractivity contribution in [1.82, 2.24) is 5.16 Å². The third-order valence-corrected chi connectivity index (χ3v) is 6.03. The summed E-state index contributed by atoms with van der Waals surface area (Å²) in [5.74, 6) is 0.944. The van der Waals surface area contributed by atoms with Crippen molar-refractivity contribution in [2.24, 2.45) is 0 Å². The highest BCUT2D eigenvalue weighted by Crippen LogP contribution is 2.49. The third kappa shape index (κ3) is 2.60. The minimum absolute atomic E-state index is 0.122. The molecule has 2 aromatic carbocycles. The number of anilines is 1. The molecule has 0 spiro atoms. The van der Waals surface area contributed by atoms with E-state index < -0.39 is 0 Å². The van der Waals surface area contributed by atoms with Crippen LogP contribution < -0.4 is 5.32 Å². The fourth-order valence-corrected chi connectivity index (χ4v) is 4.66. The Bertz CT molecular complexity index is 1090. The summed E-state index contributed by atoms with van der Waals surface area (Å²) in [4.78, 5) is 13.4. The molecule has 2 heterocycles. The van der Waals surface area contributed by atoms with Crippen LogP contribution >= 0.6 is 0 Å². The molecule has 4 nitrogen and oxygen atoms in total. The van der Waals surface area contributed by atoms with E-state index in [9.17, 15) is 4.79 Å². The summed E-state index contributed by atoms with van der Waals surface area (Å²) in [6, 6.07) is 18.6. The third-order valence-electron chi connectivity index (χ3n) is 6.03. The largest absolute Gasteiger partial charge is 0.338 e. The standard InChI is InChI=1S/C24H22N2O2/c1-14-8-6-7-11-18(14)22-21-15(2)26-28-24(21)25-19-12-17(13-20(27)23(19)22)16-9-4-3-5-10-16/h3-11,17,22,25H,12-13H2,1-2H3/t17-,22-/m0/s1. The number of Topliss-reactive ketones (excluding diaryl/α,β-unsaturated/α-hetero) is 1. The fourth-order valence-electron chi connectivity index (χ4n) is 4.66. The molecule has 28 heavy (non-hydrogen) atoms. The first-order valence-electron chi connectivity index (χ1n) is 9.73. The molecule has 1 aliphatic heterocycles. The van der Waals surface area contributed by atoms with Gasteiger partial charge in [0.05, 0.1) is 11.3 Å². The lowest BCUT2D eigenvalue weighted by Crippen LogP contribution is -2.29. The highest BCUT2D eigenvalue weighted by molar-refractivity contribution is 6.01. The van der Waals surface area contributed by atoms with Crippen molar-refractivity contribution >= 4 is 11.7 Å². The van der Waals surface area contributed by atoms with Crippen LogP contribution in [0.1, 0.15) is 52.6 Å². The van der Waals surface area contributed by atoms with Crippen molar-refractivity contribution in [2.45, 2.75) is 38.5 Å². The summed E-state index contributed by atoms with van der Waals surface area (Å²) in [6.45, 7) is 4.04. The topological polar surface area (TPSA) is 55.1 Å². The van der Waals surface area contributed by atoms with E-state index in [1.54, 1.807) is 0 Å². The molecule has 0 saturated heterocycles. The molecule has 1 aromatic heterocycles. The van der Waals surface area contributed by atoms with Crippen LogP contribution in [0.25, 0.3) is 0 Å². The summed E-state index contributed by atoms with van der Waals surface area (Å²) in [6.07, 6.45) is 1.33. The Morgan fingerprint density at radius 3 is 2.54 bits per heavy atom. The van der Waals surface area contributed by atoms with Crippen LogP contribution in [0.5, 0.6) is 0 Å². The van der Waals surface area contributed by atoms with Gasteiger partial charge in [0.2, 0.25) is 5.88 Å². The molecule has 1 aliphatic carbocycles. The Hall–Kier alpha value is -3.14. The second kappa shape index (κ2) is 6.48. The number of nitrogens with one attached hydrogen (secondary N) is 1. The number of hydrogen-bond donors (Lipinski definition) is 1. The van der Waals surface area contributed by atoms with Gasteiger partial charge in [-0.05, 0) is 42.9 Å². The van der Waals surface area contributed by atoms with Gasteiger partial charge in [-0.2, -0.15) is 0 Å². The highest BCUT2D eigenvalue weighted by Gasteiger charge is 2.41. The second-order valence-electron chi connectivity index (χ2n) is 7.76. The molecule has 0 radical (unpaired) electrons. The number of nitrogens with zero attached hydrogens (tertiary/aromatic N) is 1. The minimum atomic E-state index is -0.122. The van der Waals surface area contributed by atoms with Crippen LogP contribution in [0.4, 0.5) is 5.88 Å². The van der Waals surface area contributed by atoms with Gasteiger partial charge in [-0.3, -0.25) is 4.79 Å². The molecule has 0 unspecified atom stereocenters. The quantitative estimate of drug-likeness (QED) is 0.669. The van der Waals surface area contributed by atoms with Crippen molar-refractivity contribution in [3.63, 3.8) is 0 Å². The van der Waals surface area contributed by atoms with Gasteiger partial charge < -0.3 is 9.84 Å². The van der Waals surface area contributed by atoms with E-state index >= 15 is 0 Å². The minimum Gasteiger partial charge on any atom is -0.338 e. The number of carbonyl (C=O) groups is 1. The summed E-state index contributed by atoms with van der Waals surface area (Å²) in [7, 11) is 0. The average molecular weight is 370 g/mol. The maximum Gasteiger partial charge on any atom is 0.233 e. The van der Waals surface area contributed by atoms with Gasteiger partial charge in [0.15, 0.2) is 5.78 Å². The lowest BCUT2D eigenvalue weighted by atomic mass is 9.72. The number of hydrogen-bond acceptors (Lipinski definition) is 4. The SMILES string of the molecule is Cc1ccccc1[C@@H]1C2=C(C[C@H](c3ccccc3)CC2=O)Nc2onc(C)c21. The number of fused-ring (bicyclic) bond motifs is 1. The molecule has 3 aromatic rings. The monoisotopic (exact) mass is 370 g/mol. The van der Waals surface area contributed by atoms with E-state index in [0.717, 1.165) is 34.5 Å². The summed E-state index contributed by atoms with van der Waals surface area (Å²) >= 11 is 0. The Labute approximate surface area is 164 Å². The predicted octanol–water partition coefficient (Wildman–Crippen LogP) is 5.25. The number of aryl methyl sites for hydroxylation is 2. The Kier molecular flexibility index (Phi) is 3.93. The number of carbonyl (C=O) groups excluding carboxylic acids is 1. The molecule has 2 aliphatic rings. The molecule has 4 heteroatoms. The van der Waals surface area contributed by atoms with Gasteiger partial charge in [-0.1, -0.05) is 59.8 Å². The summed E-state index contributed by atoms with van der Waals surface area (Å²) in [5, 5.41) is 7.59. The van der Waals surface area contributed by atoms with Crippen LogP contribution in [-0.2, 0) is 4.79 Å². The molecule has 1 N–H and O–H groups in total. The zero-order chi connectivity index (χ0) is 19.3. The van der Waals surface area contributed by atoms with E-state index in [2.05, 4.69) is 41.7 Å². The number of benzene rings is 2. The van der Waals surface area contributed by atoms with Gasteiger partial charge in [0.25, 0.3) is 0 Å². The molecule has 0 saturated carbocycles. The first kappa shape index (κ1) is 17.0. The Morgan fingerprint density at radius 2 is 1.75 bits per heavy atom. The summed E-state index contributed by atoms with van der Waals surface area (Å²) in [5.41, 5.74) is 7.19. The normalized spacial score (nSPS) is 21.1. The van der Waals surface area contributed by atoms with E-state index in [1.165, 1.54) is 11.1 Å². The lowest BCUT2D eigenvalue weighted by molar-refractivity contribution is -0.116. The van der Waals surface area contributed by atoms with E-state index in [1.807, 2.05) is 37.3 Å². The molecule has 140 valence electrons. The predicted molar refractivity (Wildman–Crippen MR) is 108 cm³/mol. The first-order valence-corrected chi connectivity index (χ1v) is 9.73. The van der Waals surface area contributed by atoms with Crippen LogP contribution in [0.2, 0.25) is 0 Å². The number of allylic oxidation sites excluding steroid dienone is 2. The molecular weight excluding hydrogens is 348 g/mol. The van der Waals surface area contributed by atoms with E-state index in [4.69, 9.17) is 4.52 Å². The van der Waals surface area contributed by atoms with Crippen molar-refractivity contribution in [3.8, 4) is 0 Å². The second-order valence-corrected chi connectivity index (χ2v) is 7.76. The molecular formula is C24H22N2O2. The Morgan fingerprint density at radius 1 is 1.00 bits per heavy atom. The number of rotatable bonds is 2. The summed E-state index contributed by atoms with van der Waals surface area (Å²) < 4.78 is 5.60. The van der Waals surface area contributed by atoms with Gasteiger partial charge in [0.1, 0.15) is 0 Å². The van der Waals surface area contributed by atoms with Crippen LogP contribution in [0, 0.1) is 13.8 Å². The Balaban J connectivity index is 1.66. The zero-order valence-corrected chi connectivity index (χ0v) is 16.0. The fraction of sp³-hybridized carbons (Fsp3) is 0.250. The number of aromatic nitrogens is 1. The van der Waals surface area contributed by atoms with Crippen molar-refractivity contribution in [3.05, 3.63) is 93.8 Å². The van der Waals surface area contributed by atoms with Gasteiger partial charge in [-0.25, -0.2) is 0 Å². The first-order chi connectivity index (χ1) is 13.6. The van der Waals surface area contributed by atoms with E-state index in [0.29, 0.717) is 12.3 Å². The van der Waals surface area contributed by atoms with Crippen LogP contribution in [0.3, 0.4) is 0 Å². The van der Waals surface area contributed by atoms with Crippen LogP contribution in [0.15, 0.2) is 70.4 Å². The molecule has 0 bridgehead atoms. The molecule has 0 amide bonds. The van der Waals surface area contributed by atoms with Crippen LogP contribution in [-0.4, -0.2) is 10.9 Å². The lowest BCUT2D eigenvalue weighted by Gasteiger charge is -2.35. The molecule has 2 atom stereocenters. The maximum atomic E-state index is 13.4.